The van der Waals surface area contributed by atoms with E-state index in [-0.39, 0.29) is 12.4 Å². The van der Waals surface area contributed by atoms with Crippen LogP contribution in [-0.2, 0) is 13.1 Å². The first kappa shape index (κ1) is 21.4. The molecule has 0 saturated heterocycles. The van der Waals surface area contributed by atoms with Gasteiger partial charge in [0.2, 0.25) is 0 Å². The first-order valence-corrected chi connectivity index (χ1v) is 10.1. The monoisotopic (exact) mass is 394 g/mol. The van der Waals surface area contributed by atoms with E-state index in [4.69, 9.17) is 11.5 Å². The van der Waals surface area contributed by atoms with Crippen molar-refractivity contribution in [1.82, 2.24) is 0 Å². The van der Waals surface area contributed by atoms with Crippen LogP contribution >= 0.6 is 34.0 Å². The summed E-state index contributed by atoms with van der Waals surface area (Å²) in [5.74, 6) is 2.67. The first-order valence-electron chi connectivity index (χ1n) is 7.64. The van der Waals surface area contributed by atoms with Crippen molar-refractivity contribution in [2.24, 2.45) is 21.5 Å². The van der Waals surface area contributed by atoms with Crippen molar-refractivity contribution in [2.45, 2.75) is 13.1 Å². The quantitative estimate of drug-likeness (QED) is 0.292. The number of hydrogen-bond acceptors (Lipinski definition) is 4. The van der Waals surface area contributed by atoms with Crippen LogP contribution in [0.15, 0.2) is 70.6 Å². The molecule has 0 bridgehead atoms. The second-order valence-electron chi connectivity index (χ2n) is 5.11. The number of rotatable bonds is 9. The van der Waals surface area contributed by atoms with Gasteiger partial charge in [0, 0.05) is 0 Å². The molecule has 0 atom stereocenters. The van der Waals surface area contributed by atoms with Gasteiger partial charge >= 0.3 is 0 Å². The molecule has 4 nitrogen and oxygen atoms in total. The zero-order valence-corrected chi connectivity index (χ0v) is 16.3. The minimum atomic E-state index is 0. The van der Waals surface area contributed by atoms with E-state index in [9.17, 15) is 0 Å². The molecule has 0 aliphatic heterocycles. The third-order valence-electron chi connectivity index (χ3n) is 3.11. The van der Waals surface area contributed by atoms with Crippen LogP contribution < -0.4 is 11.5 Å². The Balaban J connectivity index is 0.00000312. The lowest BCUT2D eigenvalue weighted by Gasteiger charge is -2.03. The molecule has 0 aliphatic rings. The lowest BCUT2D eigenvalue weighted by Crippen LogP contribution is -2.16. The molecule has 4 N–H and O–H groups in total. The molecule has 2 aromatic rings. The maximum atomic E-state index is 5.93. The predicted octanol–water partition coefficient (Wildman–Crippen LogP) is 3.90. The van der Waals surface area contributed by atoms with Crippen molar-refractivity contribution in [2.75, 3.05) is 11.5 Å². The minimum Gasteiger partial charge on any atom is -0.387 e. The Labute approximate surface area is 163 Å². The Morgan fingerprint density at radius 2 is 1.04 bits per heavy atom. The molecule has 0 saturated carbocycles. The third kappa shape index (κ3) is 9.43. The summed E-state index contributed by atoms with van der Waals surface area (Å²) in [5, 5.41) is 0. The van der Waals surface area contributed by atoms with E-state index >= 15 is 0 Å². The summed E-state index contributed by atoms with van der Waals surface area (Å²) < 4.78 is 0. The number of hydrogen-bond donors (Lipinski definition) is 2. The number of aliphatic imine (C=N–C) groups is 2. The normalized spacial score (nSPS) is 11.8. The van der Waals surface area contributed by atoms with Crippen LogP contribution in [0.5, 0.6) is 0 Å². The van der Waals surface area contributed by atoms with Gasteiger partial charge in [-0.1, -0.05) is 82.3 Å². The molecule has 0 amide bonds. The van der Waals surface area contributed by atoms with E-state index < -0.39 is 0 Å². The smallest absolute Gasteiger partial charge is 0.105 e. The van der Waals surface area contributed by atoms with Crippen LogP contribution in [0, 0.1) is 0 Å². The predicted molar refractivity (Wildman–Crippen MR) is 116 cm³/mol. The lowest BCUT2D eigenvalue weighted by atomic mass is 10.2. The average molecular weight is 395 g/mol. The summed E-state index contributed by atoms with van der Waals surface area (Å²) in [6.07, 6.45) is 0. The summed E-state index contributed by atoms with van der Waals surface area (Å²) in [4.78, 5) is 8.77. The van der Waals surface area contributed by atoms with E-state index in [2.05, 4.69) is 9.98 Å². The van der Waals surface area contributed by atoms with E-state index in [1.165, 1.54) is 0 Å². The molecule has 25 heavy (non-hydrogen) atoms. The number of benzene rings is 2. The molecule has 0 aromatic heterocycles. The molecule has 2 rings (SSSR count). The van der Waals surface area contributed by atoms with Crippen LogP contribution in [0.4, 0.5) is 0 Å². The van der Waals surface area contributed by atoms with Gasteiger partial charge in [0.05, 0.1) is 24.6 Å². The van der Waals surface area contributed by atoms with Crippen molar-refractivity contribution in [1.29, 1.82) is 0 Å². The van der Waals surface area contributed by atoms with Crippen LogP contribution in [0.25, 0.3) is 0 Å². The standard InChI is InChI=1S/C18H22N4S2.ClH/c19-17(21-11-15-7-3-1-4-8-15)13-23-24-14-18(20)22-12-16-9-5-2-6-10-16;/h1-10H,11-14H2,(H2,19,21)(H2,20,22);1H. The summed E-state index contributed by atoms with van der Waals surface area (Å²) in [6.45, 7) is 1.25. The average Bonchev–Trinajstić information content (AvgIpc) is 2.63. The SMILES string of the molecule is Cl.NC(CSSCC(N)=NCc1ccccc1)=NCc1ccccc1. The van der Waals surface area contributed by atoms with Crippen molar-refractivity contribution >= 4 is 45.7 Å². The van der Waals surface area contributed by atoms with Crippen LogP contribution in [-0.4, -0.2) is 23.2 Å². The molecule has 0 fully saturated rings. The van der Waals surface area contributed by atoms with E-state index in [1.807, 2.05) is 60.7 Å². The molecular weight excluding hydrogens is 372 g/mol. The maximum Gasteiger partial charge on any atom is 0.105 e. The van der Waals surface area contributed by atoms with Gasteiger partial charge in [0.25, 0.3) is 0 Å². The molecule has 0 aliphatic carbocycles. The summed E-state index contributed by atoms with van der Waals surface area (Å²) in [7, 11) is 3.29. The van der Waals surface area contributed by atoms with Crippen molar-refractivity contribution in [3.8, 4) is 0 Å². The van der Waals surface area contributed by atoms with Gasteiger partial charge in [-0.15, -0.1) is 12.4 Å². The molecule has 134 valence electrons. The Kier molecular flexibility index (Phi) is 10.9. The van der Waals surface area contributed by atoms with Gasteiger partial charge in [0.15, 0.2) is 0 Å². The maximum absolute atomic E-state index is 5.93. The van der Waals surface area contributed by atoms with E-state index in [0.717, 1.165) is 11.1 Å². The fourth-order valence-corrected chi connectivity index (χ4v) is 3.66. The van der Waals surface area contributed by atoms with Crippen LogP contribution in [0.1, 0.15) is 11.1 Å². The van der Waals surface area contributed by atoms with Crippen LogP contribution in [0.3, 0.4) is 0 Å². The Hall–Kier alpha value is -1.63. The molecule has 7 heteroatoms. The second kappa shape index (κ2) is 12.7. The largest absolute Gasteiger partial charge is 0.387 e. The van der Waals surface area contributed by atoms with Crippen molar-refractivity contribution < 1.29 is 0 Å². The van der Waals surface area contributed by atoms with Crippen molar-refractivity contribution in [3.63, 3.8) is 0 Å². The summed E-state index contributed by atoms with van der Waals surface area (Å²) in [5.41, 5.74) is 14.2. The molecule has 0 radical (unpaired) electrons. The first-order chi connectivity index (χ1) is 11.7. The molecule has 0 spiro atoms. The highest BCUT2D eigenvalue weighted by molar-refractivity contribution is 8.77. The fourth-order valence-electron chi connectivity index (χ4n) is 1.85. The summed E-state index contributed by atoms with van der Waals surface area (Å²) >= 11 is 0. The van der Waals surface area contributed by atoms with E-state index in [0.29, 0.717) is 36.3 Å². The van der Waals surface area contributed by atoms with Gasteiger partial charge in [0.1, 0.15) is 11.7 Å². The molecule has 2 aromatic carbocycles. The van der Waals surface area contributed by atoms with Gasteiger partial charge in [-0.05, 0) is 11.1 Å². The zero-order valence-electron chi connectivity index (χ0n) is 13.9. The zero-order chi connectivity index (χ0) is 17.0. The topological polar surface area (TPSA) is 76.8 Å². The highest BCUT2D eigenvalue weighted by atomic mass is 35.5. The number of nitrogens with zero attached hydrogens (tertiary/aromatic N) is 2. The van der Waals surface area contributed by atoms with Gasteiger partial charge in [-0.25, -0.2) is 0 Å². The molecular formula is C18H23ClN4S2. The third-order valence-corrected chi connectivity index (χ3v) is 5.31. The molecule has 0 unspecified atom stereocenters. The number of nitrogens with two attached hydrogens (primary N) is 2. The Morgan fingerprint density at radius 3 is 1.40 bits per heavy atom. The van der Waals surface area contributed by atoms with Crippen molar-refractivity contribution in [3.05, 3.63) is 71.8 Å². The fraction of sp³-hybridized carbons (Fsp3) is 0.222. The second-order valence-corrected chi connectivity index (χ2v) is 7.57. The van der Waals surface area contributed by atoms with Gasteiger partial charge < -0.3 is 11.5 Å². The van der Waals surface area contributed by atoms with Crippen LogP contribution in [0.2, 0.25) is 0 Å². The van der Waals surface area contributed by atoms with Gasteiger partial charge in [-0.3, -0.25) is 9.98 Å². The highest BCUT2D eigenvalue weighted by Crippen LogP contribution is 2.20. The Bertz CT molecular complexity index is 604. The summed E-state index contributed by atoms with van der Waals surface area (Å²) in [6, 6.07) is 20.2. The highest BCUT2D eigenvalue weighted by Gasteiger charge is 1.98. The number of halogens is 1. The lowest BCUT2D eigenvalue weighted by molar-refractivity contribution is 1.06. The number of amidine groups is 2. The molecule has 0 heterocycles. The Morgan fingerprint density at radius 1 is 0.680 bits per heavy atom. The van der Waals surface area contributed by atoms with Gasteiger partial charge in [-0.2, -0.15) is 0 Å². The van der Waals surface area contributed by atoms with E-state index in [1.54, 1.807) is 21.6 Å². The minimum absolute atomic E-state index is 0.